The minimum atomic E-state index is 0.719. The predicted molar refractivity (Wildman–Crippen MR) is 113 cm³/mol. The van der Waals surface area contributed by atoms with Gasteiger partial charge in [-0.1, -0.05) is 17.7 Å². The number of nitrogens with zero attached hydrogens (tertiary/aromatic N) is 2. The Kier molecular flexibility index (Phi) is 4.99. The van der Waals surface area contributed by atoms with Gasteiger partial charge in [-0.2, -0.15) is 5.10 Å². The summed E-state index contributed by atoms with van der Waals surface area (Å²) in [5.41, 5.74) is 6.90. The van der Waals surface area contributed by atoms with Crippen LogP contribution in [0.15, 0.2) is 36.4 Å². The zero-order valence-corrected chi connectivity index (χ0v) is 17.0. The summed E-state index contributed by atoms with van der Waals surface area (Å²) in [6.07, 6.45) is 3.32. The first-order valence-corrected chi connectivity index (χ1v) is 9.78. The molecule has 0 saturated carbocycles. The van der Waals surface area contributed by atoms with Crippen molar-refractivity contribution in [1.29, 1.82) is 0 Å². The number of aromatic nitrogens is 2. The van der Waals surface area contributed by atoms with Gasteiger partial charge in [0.25, 0.3) is 0 Å². The van der Waals surface area contributed by atoms with Crippen LogP contribution in [-0.2, 0) is 6.42 Å². The highest BCUT2D eigenvalue weighted by molar-refractivity contribution is 5.73. The van der Waals surface area contributed by atoms with Crippen LogP contribution in [0.25, 0.3) is 16.9 Å². The number of hydrogen-bond acceptors (Lipinski definition) is 4. The van der Waals surface area contributed by atoms with Gasteiger partial charge in [0, 0.05) is 17.7 Å². The molecule has 0 bridgehead atoms. The molecule has 28 heavy (non-hydrogen) atoms. The number of aryl methyl sites for hydroxylation is 2. The van der Waals surface area contributed by atoms with E-state index in [0.717, 1.165) is 60.1 Å². The minimum Gasteiger partial charge on any atom is -0.493 e. The average Bonchev–Trinajstić information content (AvgIpc) is 2.88. The Morgan fingerprint density at radius 3 is 2.54 bits per heavy atom. The summed E-state index contributed by atoms with van der Waals surface area (Å²) < 4.78 is 13.0. The topological polar surface area (TPSA) is 48.3 Å². The molecule has 0 atom stereocenters. The third kappa shape index (κ3) is 3.21. The van der Waals surface area contributed by atoms with Crippen molar-refractivity contribution in [2.45, 2.75) is 33.1 Å². The molecule has 5 heteroatoms. The maximum atomic E-state index is 5.52. The molecule has 5 nitrogen and oxygen atoms in total. The average molecular weight is 377 g/mol. The number of benzene rings is 2. The fraction of sp³-hybridized carbons (Fsp3) is 0.348. The van der Waals surface area contributed by atoms with Crippen LogP contribution in [-0.4, -0.2) is 30.5 Å². The molecule has 0 aliphatic carbocycles. The molecular formula is C23H27N3O2. The summed E-state index contributed by atoms with van der Waals surface area (Å²) in [6, 6.07) is 12.5. The zero-order valence-electron chi connectivity index (χ0n) is 17.0. The first-order chi connectivity index (χ1) is 13.6. The highest BCUT2D eigenvalue weighted by Crippen LogP contribution is 2.38. The molecule has 2 aromatic carbocycles. The van der Waals surface area contributed by atoms with Crippen LogP contribution in [0.5, 0.6) is 11.5 Å². The fourth-order valence-corrected chi connectivity index (χ4v) is 3.94. The van der Waals surface area contributed by atoms with E-state index < -0.39 is 0 Å². The molecule has 0 unspecified atom stereocenters. The zero-order chi connectivity index (χ0) is 19.7. The standard InChI is InChI=1S/C23H27N3O2/c1-15-8-10-19(16(2)13-15)26-23-18(7-5-6-12-24-23)22(25-26)17-9-11-20(27-3)21(14-17)28-4/h8-11,13-14,24H,5-7,12H2,1-4H3. The molecule has 2 heterocycles. The molecular weight excluding hydrogens is 350 g/mol. The number of nitrogens with one attached hydrogen (secondary N) is 1. The Labute approximate surface area is 166 Å². The van der Waals surface area contributed by atoms with Crippen LogP contribution in [0.2, 0.25) is 0 Å². The first kappa shape index (κ1) is 18.4. The first-order valence-electron chi connectivity index (χ1n) is 9.78. The molecule has 0 radical (unpaired) electrons. The number of fused-ring (bicyclic) bond motifs is 1. The summed E-state index contributed by atoms with van der Waals surface area (Å²) in [4.78, 5) is 0. The van der Waals surface area contributed by atoms with Crippen LogP contribution < -0.4 is 14.8 Å². The molecule has 4 rings (SSSR count). The molecule has 0 fully saturated rings. The lowest BCUT2D eigenvalue weighted by molar-refractivity contribution is 0.355. The molecule has 1 aliphatic heterocycles. The van der Waals surface area contributed by atoms with E-state index in [1.807, 2.05) is 12.1 Å². The summed E-state index contributed by atoms with van der Waals surface area (Å²) in [7, 11) is 3.32. The van der Waals surface area contributed by atoms with Crippen LogP contribution in [0.3, 0.4) is 0 Å². The molecule has 0 spiro atoms. The maximum Gasteiger partial charge on any atom is 0.161 e. The van der Waals surface area contributed by atoms with E-state index in [2.05, 4.69) is 48.1 Å². The second-order valence-electron chi connectivity index (χ2n) is 7.33. The SMILES string of the molecule is COc1ccc(-c2nn(-c3ccc(C)cc3C)c3c2CCCCN3)cc1OC. The van der Waals surface area contributed by atoms with Crippen LogP contribution in [0, 0.1) is 13.8 Å². The summed E-state index contributed by atoms with van der Waals surface area (Å²) >= 11 is 0. The third-order valence-electron chi connectivity index (χ3n) is 5.37. The van der Waals surface area contributed by atoms with E-state index in [1.54, 1.807) is 14.2 Å². The van der Waals surface area contributed by atoms with Gasteiger partial charge in [0.05, 0.1) is 25.6 Å². The number of hydrogen-bond donors (Lipinski definition) is 1. The lowest BCUT2D eigenvalue weighted by Crippen LogP contribution is -2.08. The van der Waals surface area contributed by atoms with E-state index in [4.69, 9.17) is 14.6 Å². The second kappa shape index (κ2) is 7.58. The van der Waals surface area contributed by atoms with Gasteiger partial charge in [0.15, 0.2) is 11.5 Å². The summed E-state index contributed by atoms with van der Waals surface area (Å²) in [6.45, 7) is 5.23. The number of ether oxygens (including phenoxy) is 2. The lowest BCUT2D eigenvalue weighted by Gasteiger charge is -2.12. The van der Waals surface area contributed by atoms with Gasteiger partial charge in [-0.15, -0.1) is 0 Å². The van der Waals surface area contributed by atoms with Gasteiger partial charge in [0.1, 0.15) is 5.82 Å². The normalized spacial score (nSPS) is 13.4. The van der Waals surface area contributed by atoms with Crippen molar-refractivity contribution in [2.24, 2.45) is 0 Å². The van der Waals surface area contributed by atoms with Crippen molar-refractivity contribution in [3.05, 3.63) is 53.1 Å². The Hall–Kier alpha value is -2.95. The van der Waals surface area contributed by atoms with Crippen molar-refractivity contribution in [1.82, 2.24) is 9.78 Å². The Morgan fingerprint density at radius 1 is 0.964 bits per heavy atom. The summed E-state index contributed by atoms with van der Waals surface area (Å²) in [5, 5.41) is 8.67. The van der Waals surface area contributed by atoms with Gasteiger partial charge < -0.3 is 14.8 Å². The second-order valence-corrected chi connectivity index (χ2v) is 7.33. The van der Waals surface area contributed by atoms with Gasteiger partial charge in [-0.3, -0.25) is 0 Å². The predicted octanol–water partition coefficient (Wildman–Crippen LogP) is 4.92. The molecule has 0 saturated heterocycles. The fourth-order valence-electron chi connectivity index (χ4n) is 3.94. The van der Waals surface area contributed by atoms with Gasteiger partial charge >= 0.3 is 0 Å². The van der Waals surface area contributed by atoms with E-state index >= 15 is 0 Å². The van der Waals surface area contributed by atoms with Crippen molar-refractivity contribution >= 4 is 5.82 Å². The molecule has 1 aromatic heterocycles. The van der Waals surface area contributed by atoms with Gasteiger partial charge in [-0.25, -0.2) is 4.68 Å². The lowest BCUT2D eigenvalue weighted by atomic mass is 10.0. The largest absolute Gasteiger partial charge is 0.493 e. The summed E-state index contributed by atoms with van der Waals surface area (Å²) in [5.74, 6) is 2.55. The molecule has 1 N–H and O–H groups in total. The van der Waals surface area contributed by atoms with E-state index in [1.165, 1.54) is 16.7 Å². The Morgan fingerprint density at radius 2 is 1.79 bits per heavy atom. The molecule has 3 aromatic rings. The Balaban J connectivity index is 1.90. The third-order valence-corrected chi connectivity index (χ3v) is 5.37. The van der Waals surface area contributed by atoms with Gasteiger partial charge in [-0.05, 0) is 62.9 Å². The monoisotopic (exact) mass is 377 g/mol. The smallest absolute Gasteiger partial charge is 0.161 e. The van der Waals surface area contributed by atoms with Gasteiger partial charge in [0.2, 0.25) is 0 Å². The number of rotatable bonds is 4. The van der Waals surface area contributed by atoms with Crippen molar-refractivity contribution < 1.29 is 9.47 Å². The number of methoxy groups -OCH3 is 2. The van der Waals surface area contributed by atoms with Crippen molar-refractivity contribution in [2.75, 3.05) is 26.1 Å². The van der Waals surface area contributed by atoms with Crippen LogP contribution >= 0.6 is 0 Å². The quantitative estimate of drug-likeness (QED) is 0.701. The molecule has 0 amide bonds. The van der Waals surface area contributed by atoms with E-state index in [0.29, 0.717) is 0 Å². The van der Waals surface area contributed by atoms with Crippen molar-refractivity contribution in [3.63, 3.8) is 0 Å². The molecule has 146 valence electrons. The highest BCUT2D eigenvalue weighted by Gasteiger charge is 2.23. The van der Waals surface area contributed by atoms with Crippen molar-refractivity contribution in [3.8, 4) is 28.4 Å². The van der Waals surface area contributed by atoms with E-state index in [-0.39, 0.29) is 0 Å². The molecule has 1 aliphatic rings. The maximum absolute atomic E-state index is 5.52. The highest BCUT2D eigenvalue weighted by atomic mass is 16.5. The van der Waals surface area contributed by atoms with Crippen LogP contribution in [0.1, 0.15) is 29.5 Å². The Bertz CT molecular complexity index is 1010. The van der Waals surface area contributed by atoms with Crippen LogP contribution in [0.4, 0.5) is 5.82 Å². The minimum absolute atomic E-state index is 0.719. The number of anilines is 1. The van der Waals surface area contributed by atoms with E-state index in [9.17, 15) is 0 Å².